The molecule has 0 spiro atoms. The number of amides is 1. The molecular formula is C25H27NO3. The second-order valence-electron chi connectivity index (χ2n) is 9.92. The van der Waals surface area contributed by atoms with Gasteiger partial charge in [-0.15, -0.1) is 0 Å². The molecule has 2 aromatic rings. The molecule has 2 aliphatic rings. The number of esters is 1. The second-order valence-corrected chi connectivity index (χ2v) is 9.92. The van der Waals surface area contributed by atoms with Crippen molar-refractivity contribution in [3.8, 4) is 5.75 Å². The van der Waals surface area contributed by atoms with Gasteiger partial charge in [0.15, 0.2) is 0 Å². The molecule has 4 heteroatoms. The fourth-order valence-corrected chi connectivity index (χ4v) is 4.02. The summed E-state index contributed by atoms with van der Waals surface area (Å²) in [5.41, 5.74) is 4.89. The van der Waals surface area contributed by atoms with Crippen LogP contribution in [-0.4, -0.2) is 18.9 Å². The van der Waals surface area contributed by atoms with E-state index in [0.717, 1.165) is 27.9 Å². The van der Waals surface area contributed by atoms with E-state index in [4.69, 9.17) is 4.74 Å². The summed E-state index contributed by atoms with van der Waals surface area (Å²) in [4.78, 5) is 27.8. The van der Waals surface area contributed by atoms with Crippen LogP contribution in [-0.2, 0) is 20.4 Å². The average Bonchev–Trinajstić information content (AvgIpc) is 3.07. The normalized spacial score (nSPS) is 18.8. The van der Waals surface area contributed by atoms with Crippen molar-refractivity contribution in [2.24, 2.45) is 0 Å². The molecule has 2 aliphatic heterocycles. The largest absolute Gasteiger partial charge is 0.422 e. The molecule has 0 unspecified atom stereocenters. The van der Waals surface area contributed by atoms with Crippen molar-refractivity contribution in [2.45, 2.75) is 52.4 Å². The highest BCUT2D eigenvalue weighted by Crippen LogP contribution is 2.49. The zero-order valence-electron chi connectivity index (χ0n) is 18.1. The van der Waals surface area contributed by atoms with Gasteiger partial charge in [-0.05, 0) is 28.5 Å². The number of carbonyl (C=O) groups is 2. The van der Waals surface area contributed by atoms with E-state index in [9.17, 15) is 9.59 Å². The van der Waals surface area contributed by atoms with E-state index in [2.05, 4.69) is 47.6 Å². The van der Waals surface area contributed by atoms with Crippen LogP contribution in [0.5, 0.6) is 5.75 Å². The molecule has 2 heterocycles. The molecule has 0 N–H and O–H groups in total. The van der Waals surface area contributed by atoms with Gasteiger partial charge in [-0.25, -0.2) is 4.79 Å². The fourth-order valence-electron chi connectivity index (χ4n) is 4.02. The molecule has 0 fully saturated rings. The summed E-state index contributed by atoms with van der Waals surface area (Å²) < 4.78 is 5.79. The Labute approximate surface area is 172 Å². The van der Waals surface area contributed by atoms with Crippen LogP contribution in [0, 0.1) is 0 Å². The van der Waals surface area contributed by atoms with Crippen LogP contribution in [0.15, 0.2) is 36.4 Å². The van der Waals surface area contributed by atoms with Gasteiger partial charge in [-0.3, -0.25) is 4.79 Å². The number of hydrogen-bond acceptors (Lipinski definition) is 3. The Morgan fingerprint density at radius 3 is 2.10 bits per heavy atom. The van der Waals surface area contributed by atoms with E-state index in [0.29, 0.717) is 16.9 Å². The molecule has 150 valence electrons. The first-order valence-electron chi connectivity index (χ1n) is 9.94. The van der Waals surface area contributed by atoms with Crippen LogP contribution in [0.4, 0.5) is 5.69 Å². The third-order valence-corrected chi connectivity index (χ3v) is 5.73. The van der Waals surface area contributed by atoms with Crippen LogP contribution in [0.25, 0.3) is 11.1 Å². The summed E-state index contributed by atoms with van der Waals surface area (Å²) in [5.74, 6) is -0.0488. The molecule has 29 heavy (non-hydrogen) atoms. The summed E-state index contributed by atoms with van der Waals surface area (Å²) in [5, 5.41) is 0. The number of para-hydroxylation sites is 1. The van der Waals surface area contributed by atoms with Crippen molar-refractivity contribution in [3.63, 3.8) is 0 Å². The molecule has 0 atom stereocenters. The van der Waals surface area contributed by atoms with Gasteiger partial charge in [0.2, 0.25) is 0 Å². The van der Waals surface area contributed by atoms with Gasteiger partial charge >= 0.3 is 5.97 Å². The summed E-state index contributed by atoms with van der Waals surface area (Å²) in [6, 6.07) is 11.7. The lowest BCUT2D eigenvalue weighted by Gasteiger charge is -2.26. The molecule has 0 bridgehead atoms. The van der Waals surface area contributed by atoms with Crippen molar-refractivity contribution in [1.29, 1.82) is 0 Å². The number of fused-ring (bicyclic) bond motifs is 2. The van der Waals surface area contributed by atoms with Gasteiger partial charge in [0, 0.05) is 23.7 Å². The maximum absolute atomic E-state index is 13.1. The average molecular weight is 389 g/mol. The molecule has 0 aliphatic carbocycles. The predicted molar refractivity (Wildman–Crippen MR) is 116 cm³/mol. The minimum atomic E-state index is -0.454. The monoisotopic (exact) mass is 389 g/mol. The Kier molecular flexibility index (Phi) is 4.06. The number of rotatable bonds is 0. The maximum Gasteiger partial charge on any atom is 0.345 e. The zero-order valence-corrected chi connectivity index (χ0v) is 18.1. The van der Waals surface area contributed by atoms with Crippen LogP contribution in [0.1, 0.15) is 63.8 Å². The van der Waals surface area contributed by atoms with E-state index in [1.807, 2.05) is 30.3 Å². The third kappa shape index (κ3) is 2.89. The van der Waals surface area contributed by atoms with Crippen molar-refractivity contribution in [2.75, 3.05) is 11.9 Å². The SMILES string of the molecule is CN1C(=O)/C(=C2/C(=O)Oc3c2cc(C(C)(C)C)cc3C(C)(C)C)c2ccccc21. The summed E-state index contributed by atoms with van der Waals surface area (Å²) in [6.45, 7) is 12.8. The molecular weight excluding hydrogens is 362 g/mol. The first-order valence-corrected chi connectivity index (χ1v) is 9.94. The smallest absolute Gasteiger partial charge is 0.345 e. The molecule has 0 aromatic heterocycles. The van der Waals surface area contributed by atoms with Gasteiger partial charge in [0.05, 0.1) is 16.8 Å². The highest BCUT2D eigenvalue weighted by molar-refractivity contribution is 6.46. The fraction of sp³-hybridized carbons (Fsp3) is 0.360. The summed E-state index contributed by atoms with van der Waals surface area (Å²) in [6.07, 6.45) is 0. The third-order valence-electron chi connectivity index (χ3n) is 5.73. The summed E-state index contributed by atoms with van der Waals surface area (Å²) >= 11 is 0. The highest BCUT2D eigenvalue weighted by Gasteiger charge is 2.41. The quantitative estimate of drug-likeness (QED) is 0.358. The lowest BCUT2D eigenvalue weighted by Crippen LogP contribution is -2.21. The van der Waals surface area contributed by atoms with E-state index in [-0.39, 0.29) is 16.7 Å². The first kappa shape index (κ1) is 19.4. The van der Waals surface area contributed by atoms with Gasteiger partial charge in [-0.1, -0.05) is 65.8 Å². The zero-order chi connectivity index (χ0) is 21.3. The van der Waals surface area contributed by atoms with Crippen molar-refractivity contribution in [1.82, 2.24) is 0 Å². The molecule has 1 amide bonds. The number of hydrogen-bond donors (Lipinski definition) is 0. The Morgan fingerprint density at radius 1 is 0.828 bits per heavy atom. The Morgan fingerprint density at radius 2 is 1.48 bits per heavy atom. The maximum atomic E-state index is 13.1. The summed E-state index contributed by atoms with van der Waals surface area (Å²) in [7, 11) is 1.74. The van der Waals surface area contributed by atoms with E-state index in [1.54, 1.807) is 11.9 Å². The highest BCUT2D eigenvalue weighted by atomic mass is 16.5. The van der Waals surface area contributed by atoms with E-state index < -0.39 is 5.97 Å². The second kappa shape index (κ2) is 6.06. The standard InChI is InChI=1S/C25H27NO3/c1-24(2,3)14-12-16-20(23(28)29-21(16)17(13-14)25(4,5)6)19-15-10-8-9-11-18(15)26(7)22(19)27/h8-13H,1-7H3/b20-19+. The van der Waals surface area contributed by atoms with Crippen LogP contribution < -0.4 is 9.64 Å². The number of anilines is 1. The van der Waals surface area contributed by atoms with E-state index >= 15 is 0 Å². The number of carbonyl (C=O) groups excluding carboxylic acids is 2. The van der Waals surface area contributed by atoms with Gasteiger partial charge in [0.1, 0.15) is 5.75 Å². The topological polar surface area (TPSA) is 46.6 Å². The molecule has 0 saturated carbocycles. The Hall–Kier alpha value is -2.88. The van der Waals surface area contributed by atoms with Gasteiger partial charge in [-0.2, -0.15) is 0 Å². The molecule has 0 radical (unpaired) electrons. The number of likely N-dealkylation sites (N-methyl/N-ethyl adjacent to an activating group) is 1. The predicted octanol–water partition coefficient (Wildman–Crippen LogP) is 5.09. The Bertz CT molecular complexity index is 1090. The van der Waals surface area contributed by atoms with Crippen LogP contribution in [0.2, 0.25) is 0 Å². The van der Waals surface area contributed by atoms with Crippen LogP contribution >= 0.6 is 0 Å². The van der Waals surface area contributed by atoms with Crippen molar-refractivity contribution in [3.05, 3.63) is 58.7 Å². The first-order chi connectivity index (χ1) is 13.4. The van der Waals surface area contributed by atoms with Crippen molar-refractivity contribution >= 4 is 28.7 Å². The van der Waals surface area contributed by atoms with Gasteiger partial charge < -0.3 is 9.64 Å². The minimum Gasteiger partial charge on any atom is -0.422 e. The van der Waals surface area contributed by atoms with Crippen molar-refractivity contribution < 1.29 is 14.3 Å². The van der Waals surface area contributed by atoms with Gasteiger partial charge in [0.25, 0.3) is 5.91 Å². The lowest BCUT2D eigenvalue weighted by molar-refractivity contribution is -0.127. The number of ether oxygens (including phenoxy) is 1. The number of nitrogens with zero attached hydrogens (tertiary/aromatic N) is 1. The Balaban J connectivity index is 2.09. The number of benzene rings is 2. The van der Waals surface area contributed by atoms with E-state index in [1.165, 1.54) is 0 Å². The molecule has 0 saturated heterocycles. The molecule has 2 aromatic carbocycles. The lowest BCUT2D eigenvalue weighted by atomic mass is 9.78. The van der Waals surface area contributed by atoms with Crippen LogP contribution in [0.3, 0.4) is 0 Å². The molecule has 4 rings (SSSR count). The molecule has 4 nitrogen and oxygen atoms in total. The minimum absolute atomic E-state index is 0.106.